The topological polar surface area (TPSA) is 86.7 Å². The number of carbonyl (C=O) groups is 3. The molecule has 0 fully saturated rings. The molecule has 3 rings (SSSR count). The molecule has 0 saturated heterocycles. The fraction of sp³-hybridized carbons (Fsp3) is 0.292. The number of ketones is 1. The number of anilines is 2. The van der Waals surface area contributed by atoms with Gasteiger partial charge in [0.05, 0.1) is 11.6 Å². The van der Waals surface area contributed by atoms with Crippen molar-refractivity contribution in [2.45, 2.75) is 40.2 Å². The number of Topliss-reactive ketones (excluding diaryl/α,β-unsaturated/α-hetero) is 1. The van der Waals surface area contributed by atoms with Gasteiger partial charge in [0.1, 0.15) is 0 Å². The first-order valence-corrected chi connectivity index (χ1v) is 10.0. The predicted molar refractivity (Wildman–Crippen MR) is 116 cm³/mol. The zero-order valence-corrected chi connectivity index (χ0v) is 17.6. The van der Waals surface area contributed by atoms with E-state index in [1.165, 1.54) is 11.8 Å². The van der Waals surface area contributed by atoms with E-state index in [2.05, 4.69) is 12.2 Å². The molecule has 0 radical (unpaired) electrons. The number of aliphatic hydroxyl groups is 1. The highest BCUT2D eigenvalue weighted by Crippen LogP contribution is 2.42. The molecule has 1 unspecified atom stereocenters. The maximum Gasteiger partial charge on any atom is 0.294 e. The summed E-state index contributed by atoms with van der Waals surface area (Å²) in [5, 5.41) is 13.3. The zero-order chi connectivity index (χ0) is 22.0. The molecule has 0 saturated carbocycles. The highest BCUT2D eigenvalue weighted by molar-refractivity contribution is 6.16. The van der Waals surface area contributed by atoms with E-state index in [-0.39, 0.29) is 23.2 Å². The first-order chi connectivity index (χ1) is 14.2. The van der Waals surface area contributed by atoms with E-state index in [4.69, 9.17) is 0 Å². The number of benzene rings is 2. The third kappa shape index (κ3) is 3.99. The summed E-state index contributed by atoms with van der Waals surface area (Å²) in [4.78, 5) is 38.6. The van der Waals surface area contributed by atoms with Crippen LogP contribution in [-0.2, 0) is 20.8 Å². The molecule has 0 aliphatic carbocycles. The Morgan fingerprint density at radius 2 is 1.67 bits per heavy atom. The summed E-state index contributed by atoms with van der Waals surface area (Å²) in [6.45, 7) is 6.96. The molecule has 1 aliphatic heterocycles. The van der Waals surface area contributed by atoms with Crippen LogP contribution < -0.4 is 10.2 Å². The van der Waals surface area contributed by atoms with Crippen LogP contribution in [0.1, 0.15) is 44.9 Å². The Hall–Kier alpha value is -3.41. The average molecular weight is 406 g/mol. The van der Waals surface area contributed by atoms with Crippen LogP contribution in [-0.4, -0.2) is 22.7 Å². The van der Waals surface area contributed by atoms with Crippen molar-refractivity contribution < 1.29 is 19.5 Å². The van der Waals surface area contributed by atoms with E-state index in [0.717, 1.165) is 17.5 Å². The molecule has 0 bridgehead atoms. The van der Waals surface area contributed by atoms with Crippen LogP contribution in [0.5, 0.6) is 0 Å². The van der Waals surface area contributed by atoms with Crippen LogP contribution in [0, 0.1) is 5.92 Å². The Labute approximate surface area is 176 Å². The lowest BCUT2D eigenvalue weighted by molar-refractivity contribution is -0.119. The van der Waals surface area contributed by atoms with Gasteiger partial charge in [0.25, 0.3) is 5.91 Å². The standard InChI is InChI=1S/C24H26N2O4/c1-5-16-6-8-17(9-7-16)21-20(22(28)14(2)3)23(29)24(30)26(21)19-12-10-18(11-13-19)25-15(4)27/h6-14,21,29H,5H2,1-4H3,(H,25,27). The number of aliphatic hydroxyl groups excluding tert-OH is 1. The minimum Gasteiger partial charge on any atom is -0.503 e. The van der Waals surface area contributed by atoms with Gasteiger partial charge in [-0.05, 0) is 41.8 Å². The lowest BCUT2D eigenvalue weighted by atomic mass is 9.90. The summed E-state index contributed by atoms with van der Waals surface area (Å²) < 4.78 is 0. The second kappa shape index (κ2) is 8.53. The smallest absolute Gasteiger partial charge is 0.294 e. The maximum atomic E-state index is 13.0. The largest absolute Gasteiger partial charge is 0.503 e. The molecule has 30 heavy (non-hydrogen) atoms. The maximum absolute atomic E-state index is 13.0. The van der Waals surface area contributed by atoms with Crippen molar-refractivity contribution in [3.8, 4) is 0 Å². The van der Waals surface area contributed by atoms with E-state index in [1.54, 1.807) is 38.1 Å². The fourth-order valence-electron chi connectivity index (χ4n) is 3.59. The minimum atomic E-state index is -0.718. The molecule has 1 heterocycles. The number of hydrogen-bond acceptors (Lipinski definition) is 4. The minimum absolute atomic E-state index is 0.116. The Morgan fingerprint density at radius 3 is 2.17 bits per heavy atom. The average Bonchev–Trinajstić information content (AvgIpc) is 2.98. The second-order valence-electron chi connectivity index (χ2n) is 7.68. The van der Waals surface area contributed by atoms with Gasteiger partial charge in [-0.2, -0.15) is 0 Å². The van der Waals surface area contributed by atoms with Crippen LogP contribution in [0.15, 0.2) is 59.9 Å². The number of carbonyl (C=O) groups excluding carboxylic acids is 3. The van der Waals surface area contributed by atoms with Crippen LogP contribution >= 0.6 is 0 Å². The summed E-state index contributed by atoms with van der Waals surface area (Å²) in [5.74, 6) is -1.95. The lowest BCUT2D eigenvalue weighted by Crippen LogP contribution is -2.31. The van der Waals surface area contributed by atoms with Gasteiger partial charge in [0.2, 0.25) is 5.91 Å². The van der Waals surface area contributed by atoms with Gasteiger partial charge in [-0.25, -0.2) is 0 Å². The number of nitrogens with zero attached hydrogens (tertiary/aromatic N) is 1. The van der Waals surface area contributed by atoms with Gasteiger partial charge in [-0.15, -0.1) is 0 Å². The quantitative estimate of drug-likeness (QED) is 0.747. The molecule has 0 aromatic heterocycles. The molecule has 0 spiro atoms. The van der Waals surface area contributed by atoms with E-state index in [9.17, 15) is 19.5 Å². The Kier molecular flexibility index (Phi) is 6.06. The van der Waals surface area contributed by atoms with E-state index in [0.29, 0.717) is 11.4 Å². The molecule has 156 valence electrons. The van der Waals surface area contributed by atoms with E-state index in [1.807, 2.05) is 24.3 Å². The summed E-state index contributed by atoms with van der Waals surface area (Å²) in [7, 11) is 0. The van der Waals surface area contributed by atoms with Crippen LogP contribution in [0.25, 0.3) is 0 Å². The fourth-order valence-corrected chi connectivity index (χ4v) is 3.59. The normalized spacial score (nSPS) is 16.4. The number of amides is 2. The van der Waals surface area contributed by atoms with E-state index >= 15 is 0 Å². The van der Waals surface area contributed by atoms with Crippen LogP contribution in [0.2, 0.25) is 0 Å². The molecule has 2 aromatic rings. The van der Waals surface area contributed by atoms with Crippen molar-refractivity contribution in [1.82, 2.24) is 0 Å². The van der Waals surface area contributed by atoms with Crippen molar-refractivity contribution in [3.05, 3.63) is 71.0 Å². The monoisotopic (exact) mass is 406 g/mol. The van der Waals surface area contributed by atoms with Crippen LogP contribution in [0.4, 0.5) is 11.4 Å². The highest BCUT2D eigenvalue weighted by Gasteiger charge is 2.44. The number of rotatable bonds is 6. The van der Waals surface area contributed by atoms with Crippen molar-refractivity contribution >= 4 is 29.0 Å². The molecule has 2 amide bonds. The van der Waals surface area contributed by atoms with Gasteiger partial charge >= 0.3 is 0 Å². The third-order valence-electron chi connectivity index (χ3n) is 5.17. The molecular formula is C24H26N2O4. The van der Waals surface area contributed by atoms with Crippen molar-refractivity contribution in [2.75, 3.05) is 10.2 Å². The second-order valence-corrected chi connectivity index (χ2v) is 7.68. The SMILES string of the molecule is CCc1ccc(C2C(C(=O)C(C)C)=C(O)C(=O)N2c2ccc(NC(C)=O)cc2)cc1. The van der Waals surface area contributed by atoms with Gasteiger partial charge in [-0.3, -0.25) is 19.3 Å². The first kappa shape index (κ1) is 21.3. The number of hydrogen-bond donors (Lipinski definition) is 2. The highest BCUT2D eigenvalue weighted by atomic mass is 16.3. The van der Waals surface area contributed by atoms with Gasteiger partial charge in [0.15, 0.2) is 11.5 Å². The number of aryl methyl sites for hydroxylation is 1. The van der Waals surface area contributed by atoms with Crippen LogP contribution in [0.3, 0.4) is 0 Å². The van der Waals surface area contributed by atoms with Gasteiger partial charge in [-0.1, -0.05) is 45.0 Å². The van der Waals surface area contributed by atoms with Crippen molar-refractivity contribution in [3.63, 3.8) is 0 Å². The lowest BCUT2D eigenvalue weighted by Gasteiger charge is -2.27. The first-order valence-electron chi connectivity index (χ1n) is 10.0. The molecule has 6 heteroatoms. The van der Waals surface area contributed by atoms with Gasteiger partial charge in [0, 0.05) is 24.2 Å². The molecule has 1 atom stereocenters. The van der Waals surface area contributed by atoms with Crippen molar-refractivity contribution in [1.29, 1.82) is 0 Å². The molecule has 2 aromatic carbocycles. The van der Waals surface area contributed by atoms with Crippen molar-refractivity contribution in [2.24, 2.45) is 5.92 Å². The molecule has 1 aliphatic rings. The summed E-state index contributed by atoms with van der Waals surface area (Å²) >= 11 is 0. The Bertz CT molecular complexity index is 1000. The third-order valence-corrected chi connectivity index (χ3v) is 5.17. The summed E-state index contributed by atoms with van der Waals surface area (Å²) in [6.07, 6.45) is 0.872. The summed E-state index contributed by atoms with van der Waals surface area (Å²) in [6, 6.07) is 13.7. The van der Waals surface area contributed by atoms with Gasteiger partial charge < -0.3 is 10.4 Å². The molecule has 6 nitrogen and oxygen atoms in total. The zero-order valence-electron chi connectivity index (χ0n) is 17.6. The van der Waals surface area contributed by atoms with E-state index < -0.39 is 17.7 Å². The predicted octanol–water partition coefficient (Wildman–Crippen LogP) is 4.33. The molecular weight excluding hydrogens is 380 g/mol. The summed E-state index contributed by atoms with van der Waals surface area (Å²) in [5.41, 5.74) is 3.12. The number of nitrogens with one attached hydrogen (secondary N) is 1. The Morgan fingerprint density at radius 1 is 1.07 bits per heavy atom. The molecule has 2 N–H and O–H groups in total. The Balaban J connectivity index is 2.09.